The van der Waals surface area contributed by atoms with Crippen LogP contribution in [0.2, 0.25) is 0 Å². The largest absolute Gasteiger partial charge is 0.253 e. The van der Waals surface area contributed by atoms with Gasteiger partial charge in [0.25, 0.3) is 0 Å². The van der Waals surface area contributed by atoms with Gasteiger partial charge < -0.3 is 0 Å². The van der Waals surface area contributed by atoms with E-state index < -0.39 is 0 Å². The third-order valence-corrected chi connectivity index (χ3v) is 2.91. The number of fused-ring (bicyclic) bond motifs is 1. The summed E-state index contributed by atoms with van der Waals surface area (Å²) in [6, 6.07) is 13.9. The second-order valence-corrected chi connectivity index (χ2v) is 4.08. The Balaban J connectivity index is 2.26. The van der Waals surface area contributed by atoms with Crippen LogP contribution < -0.4 is 0 Å². The molecular weight excluding hydrogens is 222 g/mol. The molecule has 0 bridgehead atoms. The van der Waals surface area contributed by atoms with Crippen molar-refractivity contribution >= 4 is 10.9 Å². The zero-order chi connectivity index (χ0) is 12.4. The lowest BCUT2D eigenvalue weighted by atomic mass is 10.1. The standard InChI is InChI=1S/C15H13N3/c1-2-12-11-7-3-4-8-13(11)18-15(17-12)14-9-5-6-10-16-14/h3-10H,2H2,1H3. The minimum Gasteiger partial charge on any atom is -0.253 e. The van der Waals surface area contributed by atoms with E-state index in [2.05, 4.69) is 27.9 Å². The molecule has 18 heavy (non-hydrogen) atoms. The van der Waals surface area contributed by atoms with Crippen LogP contribution in [0.4, 0.5) is 0 Å². The first-order chi connectivity index (χ1) is 8.88. The number of aryl methyl sites for hydroxylation is 1. The first-order valence-corrected chi connectivity index (χ1v) is 6.05. The molecule has 88 valence electrons. The third-order valence-electron chi connectivity index (χ3n) is 2.91. The number of nitrogens with zero attached hydrogens (tertiary/aromatic N) is 3. The van der Waals surface area contributed by atoms with E-state index in [0.29, 0.717) is 5.82 Å². The fraction of sp³-hybridized carbons (Fsp3) is 0.133. The number of hydrogen-bond donors (Lipinski definition) is 0. The van der Waals surface area contributed by atoms with Gasteiger partial charge in [-0.3, -0.25) is 4.98 Å². The van der Waals surface area contributed by atoms with Gasteiger partial charge in [-0.05, 0) is 24.6 Å². The van der Waals surface area contributed by atoms with Crippen molar-refractivity contribution in [1.29, 1.82) is 0 Å². The zero-order valence-electron chi connectivity index (χ0n) is 10.2. The van der Waals surface area contributed by atoms with Crippen molar-refractivity contribution in [2.45, 2.75) is 13.3 Å². The molecule has 2 heterocycles. The van der Waals surface area contributed by atoms with E-state index in [4.69, 9.17) is 0 Å². The number of para-hydroxylation sites is 1. The molecule has 3 aromatic rings. The summed E-state index contributed by atoms with van der Waals surface area (Å²) in [4.78, 5) is 13.5. The van der Waals surface area contributed by atoms with Gasteiger partial charge >= 0.3 is 0 Å². The van der Waals surface area contributed by atoms with Gasteiger partial charge in [-0.2, -0.15) is 0 Å². The number of hydrogen-bond acceptors (Lipinski definition) is 3. The van der Waals surface area contributed by atoms with E-state index in [1.807, 2.05) is 36.4 Å². The van der Waals surface area contributed by atoms with Gasteiger partial charge in [-0.1, -0.05) is 31.2 Å². The van der Waals surface area contributed by atoms with Crippen molar-refractivity contribution in [2.24, 2.45) is 0 Å². The molecule has 0 aliphatic carbocycles. The molecule has 0 saturated carbocycles. The Bertz CT molecular complexity index is 678. The summed E-state index contributed by atoms with van der Waals surface area (Å²) in [7, 11) is 0. The van der Waals surface area contributed by atoms with E-state index in [-0.39, 0.29) is 0 Å². The molecule has 0 aliphatic heterocycles. The van der Waals surface area contributed by atoms with Gasteiger partial charge in [0.15, 0.2) is 5.82 Å². The summed E-state index contributed by atoms with van der Waals surface area (Å²) in [5, 5.41) is 1.12. The highest BCUT2D eigenvalue weighted by Crippen LogP contribution is 2.20. The molecule has 3 nitrogen and oxygen atoms in total. The summed E-state index contributed by atoms with van der Waals surface area (Å²) in [5.41, 5.74) is 2.87. The van der Waals surface area contributed by atoms with Crippen LogP contribution >= 0.6 is 0 Å². The molecular formula is C15H13N3. The van der Waals surface area contributed by atoms with Crippen molar-refractivity contribution < 1.29 is 0 Å². The zero-order valence-corrected chi connectivity index (χ0v) is 10.2. The number of aromatic nitrogens is 3. The van der Waals surface area contributed by atoms with Crippen LogP contribution in [0, 0.1) is 0 Å². The fourth-order valence-corrected chi connectivity index (χ4v) is 2.02. The second kappa shape index (κ2) is 4.53. The van der Waals surface area contributed by atoms with Crippen LogP contribution in [0.1, 0.15) is 12.6 Å². The van der Waals surface area contributed by atoms with Crippen molar-refractivity contribution in [3.05, 3.63) is 54.4 Å². The molecule has 0 amide bonds. The van der Waals surface area contributed by atoms with E-state index in [9.17, 15) is 0 Å². The molecule has 0 radical (unpaired) electrons. The summed E-state index contributed by atoms with van der Waals surface area (Å²) in [6.07, 6.45) is 2.66. The highest BCUT2D eigenvalue weighted by Gasteiger charge is 2.08. The van der Waals surface area contributed by atoms with E-state index in [0.717, 1.165) is 28.7 Å². The van der Waals surface area contributed by atoms with Gasteiger partial charge in [0, 0.05) is 11.6 Å². The van der Waals surface area contributed by atoms with Crippen LogP contribution in [-0.4, -0.2) is 15.0 Å². The van der Waals surface area contributed by atoms with Crippen molar-refractivity contribution in [2.75, 3.05) is 0 Å². The Hall–Kier alpha value is -2.29. The highest BCUT2D eigenvalue weighted by molar-refractivity contribution is 5.82. The second-order valence-electron chi connectivity index (χ2n) is 4.08. The van der Waals surface area contributed by atoms with Gasteiger partial charge in [0.05, 0.1) is 11.2 Å². The van der Waals surface area contributed by atoms with Crippen molar-refractivity contribution in [1.82, 2.24) is 15.0 Å². The summed E-state index contributed by atoms with van der Waals surface area (Å²) in [5.74, 6) is 0.700. The maximum absolute atomic E-state index is 4.62. The topological polar surface area (TPSA) is 38.7 Å². The first-order valence-electron chi connectivity index (χ1n) is 6.05. The Morgan fingerprint density at radius 3 is 2.56 bits per heavy atom. The Labute approximate surface area is 106 Å². The first kappa shape index (κ1) is 10.8. The molecule has 0 N–H and O–H groups in total. The van der Waals surface area contributed by atoms with Crippen LogP contribution in [0.25, 0.3) is 22.4 Å². The van der Waals surface area contributed by atoms with Crippen LogP contribution in [0.15, 0.2) is 48.7 Å². The SMILES string of the molecule is CCc1nc(-c2ccccn2)nc2ccccc12. The predicted octanol–water partition coefficient (Wildman–Crippen LogP) is 3.25. The summed E-state index contributed by atoms with van der Waals surface area (Å²) < 4.78 is 0. The average molecular weight is 235 g/mol. The monoisotopic (exact) mass is 235 g/mol. The Morgan fingerprint density at radius 2 is 1.78 bits per heavy atom. The molecule has 3 rings (SSSR count). The van der Waals surface area contributed by atoms with E-state index in [1.165, 1.54) is 0 Å². The van der Waals surface area contributed by atoms with Crippen molar-refractivity contribution in [3.8, 4) is 11.5 Å². The molecule has 0 fully saturated rings. The molecule has 0 unspecified atom stereocenters. The minimum absolute atomic E-state index is 0.700. The third kappa shape index (κ3) is 1.84. The Morgan fingerprint density at radius 1 is 0.944 bits per heavy atom. The maximum Gasteiger partial charge on any atom is 0.178 e. The molecule has 2 aromatic heterocycles. The molecule has 0 spiro atoms. The molecule has 0 atom stereocenters. The molecule has 1 aromatic carbocycles. The lowest BCUT2D eigenvalue weighted by molar-refractivity contribution is 1.03. The molecule has 0 saturated heterocycles. The summed E-state index contributed by atoms with van der Waals surface area (Å²) in [6.45, 7) is 2.11. The highest BCUT2D eigenvalue weighted by atomic mass is 14.9. The van der Waals surface area contributed by atoms with Crippen LogP contribution in [0.5, 0.6) is 0 Å². The lowest BCUT2D eigenvalue weighted by Gasteiger charge is -2.06. The number of benzene rings is 1. The van der Waals surface area contributed by atoms with Crippen LogP contribution in [-0.2, 0) is 6.42 Å². The van der Waals surface area contributed by atoms with E-state index >= 15 is 0 Å². The summed E-state index contributed by atoms with van der Waals surface area (Å²) >= 11 is 0. The van der Waals surface area contributed by atoms with Gasteiger partial charge in [-0.25, -0.2) is 9.97 Å². The average Bonchev–Trinajstić information content (AvgIpc) is 2.47. The minimum atomic E-state index is 0.700. The maximum atomic E-state index is 4.62. The Kier molecular flexibility index (Phi) is 2.73. The smallest absolute Gasteiger partial charge is 0.178 e. The lowest BCUT2D eigenvalue weighted by Crippen LogP contribution is -1.97. The van der Waals surface area contributed by atoms with Crippen LogP contribution in [0.3, 0.4) is 0 Å². The predicted molar refractivity (Wildman–Crippen MR) is 72.1 cm³/mol. The van der Waals surface area contributed by atoms with Gasteiger partial charge in [0.2, 0.25) is 0 Å². The number of rotatable bonds is 2. The van der Waals surface area contributed by atoms with Crippen molar-refractivity contribution in [3.63, 3.8) is 0 Å². The quantitative estimate of drug-likeness (QED) is 0.684. The van der Waals surface area contributed by atoms with Gasteiger partial charge in [-0.15, -0.1) is 0 Å². The van der Waals surface area contributed by atoms with E-state index in [1.54, 1.807) is 6.20 Å². The molecule has 0 aliphatic rings. The fourth-order valence-electron chi connectivity index (χ4n) is 2.02. The van der Waals surface area contributed by atoms with Gasteiger partial charge in [0.1, 0.15) is 5.69 Å². The number of pyridine rings is 1. The normalized spacial score (nSPS) is 10.7. The molecule has 3 heteroatoms.